The van der Waals surface area contributed by atoms with Crippen LogP contribution in [0.15, 0.2) is 41.4 Å². The summed E-state index contributed by atoms with van der Waals surface area (Å²) >= 11 is 8.06. The van der Waals surface area contributed by atoms with Crippen molar-refractivity contribution in [3.8, 4) is 5.75 Å². The highest BCUT2D eigenvalue weighted by Crippen LogP contribution is 2.45. The average Bonchev–Trinajstić information content (AvgIpc) is 3.33. The molecule has 2 aromatic rings. The van der Waals surface area contributed by atoms with Gasteiger partial charge in [0, 0.05) is 36.3 Å². The molecule has 4 aliphatic rings. The van der Waals surface area contributed by atoms with Crippen LogP contribution in [0.2, 0.25) is 5.02 Å². The third-order valence-electron chi connectivity index (χ3n) is 9.80. The molecule has 13 heteroatoms. The van der Waals surface area contributed by atoms with Gasteiger partial charge in [0.2, 0.25) is 11.8 Å². The summed E-state index contributed by atoms with van der Waals surface area (Å²) in [4.78, 5) is 59.4. The number of nitrogens with zero attached hydrogens (tertiary/aromatic N) is 2. The molecule has 3 amide bonds. The lowest BCUT2D eigenvalue weighted by molar-refractivity contribution is -0.145. The molecule has 2 saturated carbocycles. The summed E-state index contributed by atoms with van der Waals surface area (Å²) in [6.07, 6.45) is 9.66. The lowest BCUT2D eigenvalue weighted by Crippen LogP contribution is -2.53. The van der Waals surface area contributed by atoms with E-state index in [1.54, 1.807) is 17.8 Å². The van der Waals surface area contributed by atoms with Gasteiger partial charge in [0.1, 0.15) is 34.6 Å². The van der Waals surface area contributed by atoms with E-state index in [1.165, 1.54) is 4.90 Å². The fourth-order valence-corrected chi connectivity index (χ4v) is 8.02. The van der Waals surface area contributed by atoms with E-state index in [1.807, 2.05) is 37.3 Å². The van der Waals surface area contributed by atoms with Crippen molar-refractivity contribution in [2.45, 2.75) is 112 Å². The quantitative estimate of drug-likeness (QED) is 0.239. The van der Waals surface area contributed by atoms with Gasteiger partial charge in [-0.15, -0.1) is 11.8 Å². The number of benzene rings is 1. The van der Waals surface area contributed by atoms with Crippen molar-refractivity contribution in [2.24, 2.45) is 5.92 Å². The highest BCUT2D eigenvalue weighted by molar-refractivity contribution is 7.99. The first-order chi connectivity index (χ1) is 23.2. The van der Waals surface area contributed by atoms with Crippen LogP contribution in [0.1, 0.15) is 77.6 Å². The molecule has 1 aromatic heterocycles. The van der Waals surface area contributed by atoms with Crippen molar-refractivity contribution in [1.82, 2.24) is 20.5 Å². The number of aliphatic carboxylic acids is 1. The predicted octanol–water partition coefficient (Wildman–Crippen LogP) is 5.87. The molecule has 2 aliphatic heterocycles. The number of allylic oxidation sites excluding steroid dienone is 1. The van der Waals surface area contributed by atoms with Crippen LogP contribution < -0.4 is 15.4 Å². The number of aromatic nitrogens is 1. The van der Waals surface area contributed by atoms with E-state index in [9.17, 15) is 24.3 Å². The number of rotatable bonds is 7. The number of thioether (sulfide) groups is 1. The van der Waals surface area contributed by atoms with E-state index in [0.29, 0.717) is 34.5 Å². The Morgan fingerprint density at radius 3 is 2.73 bits per heavy atom. The first kappa shape index (κ1) is 34.4. The van der Waals surface area contributed by atoms with Crippen molar-refractivity contribution in [2.75, 3.05) is 12.3 Å². The molecular formula is C35H43ClN4O7S. The maximum absolute atomic E-state index is 14.1. The standard InChI is InChI=1S/C35H43ClN4O7S/c1-2-48-29-18-28(25-14-9-15-26(36)31(25)38-29)46-24-17-27-32(42)39-35(33(43)44)19-21(35)10-5-3-4-6-11-22(16-30(41)40(27)20-24)37-34(45)47-23-12-7-8-13-23/h5,9-10,14-15,18,21-24,27H,2-4,6-8,11-13,16-17,19-20H2,1H3,(H,37,45)(H,39,42)(H,43,44)/b10-5-/t21-,22+,24-,27+,35-/m1/s1. The van der Waals surface area contributed by atoms with Gasteiger partial charge in [0.15, 0.2) is 0 Å². The molecule has 5 atom stereocenters. The molecule has 0 radical (unpaired) electrons. The van der Waals surface area contributed by atoms with E-state index in [0.717, 1.165) is 55.7 Å². The molecule has 2 aliphatic carbocycles. The van der Waals surface area contributed by atoms with Crippen LogP contribution in [0, 0.1) is 5.92 Å². The molecular weight excluding hydrogens is 656 g/mol. The summed E-state index contributed by atoms with van der Waals surface area (Å²) in [5, 5.41) is 17.8. The minimum absolute atomic E-state index is 0.0239. The number of fused-ring (bicyclic) bond motifs is 3. The third kappa shape index (κ3) is 7.70. The van der Waals surface area contributed by atoms with E-state index < -0.39 is 41.7 Å². The fourth-order valence-electron chi connectivity index (χ4n) is 7.16. The molecule has 0 spiro atoms. The van der Waals surface area contributed by atoms with Gasteiger partial charge >= 0.3 is 12.1 Å². The Kier molecular flexibility index (Phi) is 10.7. The lowest BCUT2D eigenvalue weighted by atomic mass is 10.0. The van der Waals surface area contributed by atoms with Gasteiger partial charge < -0.3 is 30.1 Å². The molecule has 6 rings (SSSR count). The lowest BCUT2D eigenvalue weighted by Gasteiger charge is -2.27. The second-order valence-electron chi connectivity index (χ2n) is 13.2. The molecule has 3 heterocycles. The summed E-state index contributed by atoms with van der Waals surface area (Å²) in [5.74, 6) is -0.933. The summed E-state index contributed by atoms with van der Waals surface area (Å²) in [7, 11) is 0. The van der Waals surface area contributed by atoms with Crippen molar-refractivity contribution in [3.05, 3.63) is 41.4 Å². The SMILES string of the molecule is CCSc1cc(O[C@@H]2C[C@H]3C(=O)N[C@]4(C(=O)O)C[C@H]4/C=C\CCCC[C@H](NC(=O)OC4CCCC4)CC(=O)N3C2)c2cccc(Cl)c2n1. The van der Waals surface area contributed by atoms with E-state index in [-0.39, 0.29) is 37.3 Å². The molecule has 1 aromatic carbocycles. The van der Waals surface area contributed by atoms with Crippen LogP contribution in [0.5, 0.6) is 5.75 Å². The maximum atomic E-state index is 14.1. The Morgan fingerprint density at radius 1 is 1.17 bits per heavy atom. The summed E-state index contributed by atoms with van der Waals surface area (Å²) < 4.78 is 12.2. The minimum Gasteiger partial charge on any atom is -0.488 e. The molecule has 1 saturated heterocycles. The smallest absolute Gasteiger partial charge is 0.407 e. The van der Waals surface area contributed by atoms with Crippen molar-refractivity contribution in [3.63, 3.8) is 0 Å². The Labute approximate surface area is 289 Å². The number of ether oxygens (including phenoxy) is 2. The summed E-state index contributed by atoms with van der Waals surface area (Å²) in [6.45, 7) is 2.14. The molecule has 11 nitrogen and oxygen atoms in total. The number of hydrogen-bond donors (Lipinski definition) is 3. The van der Waals surface area contributed by atoms with Crippen molar-refractivity contribution < 1.29 is 33.8 Å². The molecule has 48 heavy (non-hydrogen) atoms. The van der Waals surface area contributed by atoms with Crippen LogP contribution in [0.25, 0.3) is 10.9 Å². The van der Waals surface area contributed by atoms with Crippen LogP contribution in [-0.4, -0.2) is 81.0 Å². The van der Waals surface area contributed by atoms with Crippen LogP contribution in [0.4, 0.5) is 4.79 Å². The Hall–Kier alpha value is -3.51. The van der Waals surface area contributed by atoms with E-state index in [4.69, 9.17) is 26.1 Å². The number of alkyl carbamates (subject to hydrolysis) is 1. The Bertz CT molecular complexity index is 1580. The largest absolute Gasteiger partial charge is 0.488 e. The number of carboxylic acid groups (broad SMARTS) is 1. The maximum Gasteiger partial charge on any atom is 0.407 e. The monoisotopic (exact) mass is 698 g/mol. The number of halogens is 1. The number of pyridine rings is 1. The predicted molar refractivity (Wildman–Crippen MR) is 182 cm³/mol. The van der Waals surface area contributed by atoms with Gasteiger partial charge in [-0.25, -0.2) is 14.6 Å². The molecule has 258 valence electrons. The number of hydrogen-bond acceptors (Lipinski definition) is 8. The number of amides is 3. The van der Waals surface area contributed by atoms with Crippen molar-refractivity contribution >= 4 is 58.1 Å². The fraction of sp³-hybridized carbons (Fsp3) is 0.571. The van der Waals surface area contributed by atoms with Gasteiger partial charge in [-0.05, 0) is 69.3 Å². The highest BCUT2D eigenvalue weighted by atomic mass is 35.5. The number of nitrogens with one attached hydrogen (secondary N) is 2. The van der Waals surface area contributed by atoms with Crippen LogP contribution in [-0.2, 0) is 19.1 Å². The Balaban J connectivity index is 1.26. The second-order valence-corrected chi connectivity index (χ2v) is 14.9. The normalized spacial score (nSPS) is 28.8. The zero-order chi connectivity index (χ0) is 33.8. The second kappa shape index (κ2) is 14.9. The first-order valence-corrected chi connectivity index (χ1v) is 18.4. The topological polar surface area (TPSA) is 147 Å². The minimum atomic E-state index is -1.40. The van der Waals surface area contributed by atoms with Gasteiger partial charge in [0.05, 0.1) is 17.1 Å². The highest BCUT2D eigenvalue weighted by Gasteiger charge is 2.61. The first-order valence-electron chi connectivity index (χ1n) is 17.0. The average molecular weight is 699 g/mol. The van der Waals surface area contributed by atoms with Gasteiger partial charge in [0.25, 0.3) is 0 Å². The van der Waals surface area contributed by atoms with E-state index in [2.05, 4.69) is 10.6 Å². The van der Waals surface area contributed by atoms with Crippen LogP contribution in [0.3, 0.4) is 0 Å². The number of carbonyl (C=O) groups is 4. The van der Waals surface area contributed by atoms with Gasteiger partial charge in [-0.3, -0.25) is 9.59 Å². The molecule has 0 unspecified atom stereocenters. The van der Waals surface area contributed by atoms with E-state index >= 15 is 0 Å². The zero-order valence-electron chi connectivity index (χ0n) is 27.1. The van der Waals surface area contributed by atoms with Gasteiger partial charge in [-0.1, -0.05) is 43.2 Å². The number of para-hydroxylation sites is 1. The third-order valence-corrected chi connectivity index (χ3v) is 10.9. The Morgan fingerprint density at radius 2 is 1.96 bits per heavy atom. The molecule has 0 bridgehead atoms. The van der Waals surface area contributed by atoms with Crippen molar-refractivity contribution in [1.29, 1.82) is 0 Å². The summed E-state index contributed by atoms with van der Waals surface area (Å²) in [5.41, 5.74) is -0.802. The van der Waals surface area contributed by atoms with Crippen LogP contribution >= 0.6 is 23.4 Å². The van der Waals surface area contributed by atoms with Gasteiger partial charge in [-0.2, -0.15) is 0 Å². The molecule has 3 fully saturated rings. The summed E-state index contributed by atoms with van der Waals surface area (Å²) in [6, 6.07) is 5.86. The molecule has 3 N–H and O–H groups in total. The number of carboxylic acids is 1. The zero-order valence-corrected chi connectivity index (χ0v) is 28.7. The number of carbonyl (C=O) groups excluding carboxylic acids is 3.